The fraction of sp³-hybridized carbons (Fsp3) is 0.286. The number of anilines is 1. The molecule has 176 valence electrons. The average Bonchev–Trinajstić information content (AvgIpc) is 3.27. The number of nitrogens with zero attached hydrogens (tertiary/aromatic N) is 1. The molecule has 2 aromatic carbocycles. The molecular formula is C28H32N4O2. The van der Waals surface area contributed by atoms with E-state index in [-0.39, 0.29) is 11.8 Å². The summed E-state index contributed by atoms with van der Waals surface area (Å²) in [5.74, 6) is 0.0213. The van der Waals surface area contributed by atoms with Gasteiger partial charge in [-0.25, -0.2) is 0 Å². The van der Waals surface area contributed by atoms with Gasteiger partial charge in [0.2, 0.25) is 5.91 Å². The van der Waals surface area contributed by atoms with E-state index in [0.29, 0.717) is 25.0 Å². The summed E-state index contributed by atoms with van der Waals surface area (Å²) in [6.45, 7) is 5.47. The molecule has 1 aromatic heterocycles. The molecule has 2 heterocycles. The summed E-state index contributed by atoms with van der Waals surface area (Å²) in [4.78, 5) is 30.6. The first kappa shape index (κ1) is 23.5. The van der Waals surface area contributed by atoms with Crippen molar-refractivity contribution in [3.05, 3.63) is 87.7 Å². The number of amides is 2. The van der Waals surface area contributed by atoms with Crippen LogP contribution in [0.15, 0.2) is 48.5 Å². The van der Waals surface area contributed by atoms with Crippen molar-refractivity contribution in [2.75, 3.05) is 19.4 Å². The zero-order valence-electron chi connectivity index (χ0n) is 20.3. The molecule has 1 aliphatic rings. The standard InChI is InChI=1S/C28H32N4O2/c1-18-22(12-13-27(33)32(4)17-21-9-7-8-20(14-21)16-29-3)19(2)30-26(18)15-24-23-10-5-6-11-25(23)31-28(24)34/h5-11,14-15,29-30H,12-13,16-17H2,1-4H3,(H,31,34)/b24-15-. The number of para-hydroxylation sites is 1. The smallest absolute Gasteiger partial charge is 0.256 e. The highest BCUT2D eigenvalue weighted by Gasteiger charge is 2.24. The molecule has 0 unspecified atom stereocenters. The second-order valence-electron chi connectivity index (χ2n) is 8.93. The Morgan fingerprint density at radius 2 is 1.85 bits per heavy atom. The van der Waals surface area contributed by atoms with Crippen LogP contribution in [0.4, 0.5) is 5.69 Å². The predicted molar refractivity (Wildman–Crippen MR) is 137 cm³/mol. The first-order valence-corrected chi connectivity index (χ1v) is 11.6. The number of benzene rings is 2. The number of carbonyl (C=O) groups is 2. The maximum Gasteiger partial charge on any atom is 0.256 e. The lowest BCUT2D eigenvalue weighted by molar-refractivity contribution is -0.130. The van der Waals surface area contributed by atoms with Gasteiger partial charge in [0.1, 0.15) is 0 Å². The topological polar surface area (TPSA) is 77.2 Å². The average molecular weight is 457 g/mol. The first-order chi connectivity index (χ1) is 16.4. The number of hydrogen-bond acceptors (Lipinski definition) is 3. The molecule has 0 saturated heterocycles. The molecule has 2 amide bonds. The number of nitrogens with one attached hydrogen (secondary N) is 3. The minimum atomic E-state index is -0.0926. The van der Waals surface area contributed by atoms with Crippen LogP contribution in [0.5, 0.6) is 0 Å². The third-order valence-electron chi connectivity index (χ3n) is 6.44. The Kier molecular flexibility index (Phi) is 6.98. The third-order valence-corrected chi connectivity index (χ3v) is 6.44. The van der Waals surface area contributed by atoms with Gasteiger partial charge in [-0.1, -0.05) is 42.5 Å². The van der Waals surface area contributed by atoms with E-state index in [1.807, 2.05) is 64.4 Å². The van der Waals surface area contributed by atoms with Gasteiger partial charge in [0.05, 0.1) is 5.57 Å². The highest BCUT2D eigenvalue weighted by atomic mass is 16.2. The highest BCUT2D eigenvalue weighted by molar-refractivity contribution is 6.34. The number of carbonyl (C=O) groups excluding carboxylic acids is 2. The Labute approximate surface area is 201 Å². The van der Waals surface area contributed by atoms with Crippen molar-refractivity contribution < 1.29 is 9.59 Å². The van der Waals surface area contributed by atoms with Gasteiger partial charge in [-0.3, -0.25) is 9.59 Å². The van der Waals surface area contributed by atoms with E-state index in [2.05, 4.69) is 33.8 Å². The zero-order chi connectivity index (χ0) is 24.2. The Morgan fingerprint density at radius 3 is 2.65 bits per heavy atom. The zero-order valence-corrected chi connectivity index (χ0v) is 20.3. The van der Waals surface area contributed by atoms with E-state index in [9.17, 15) is 9.59 Å². The molecule has 6 heteroatoms. The first-order valence-electron chi connectivity index (χ1n) is 11.6. The number of hydrogen-bond donors (Lipinski definition) is 3. The van der Waals surface area contributed by atoms with Gasteiger partial charge >= 0.3 is 0 Å². The molecule has 0 bridgehead atoms. The van der Waals surface area contributed by atoms with E-state index < -0.39 is 0 Å². The lowest BCUT2D eigenvalue weighted by atomic mass is 10.0. The van der Waals surface area contributed by atoms with E-state index in [1.54, 1.807) is 4.90 Å². The Bertz CT molecular complexity index is 1260. The molecule has 0 aliphatic carbocycles. The van der Waals surface area contributed by atoms with Crippen LogP contribution < -0.4 is 10.6 Å². The molecule has 3 aromatic rings. The predicted octanol–water partition coefficient (Wildman–Crippen LogP) is 4.43. The van der Waals surface area contributed by atoms with Gasteiger partial charge in [0, 0.05) is 49.2 Å². The maximum absolute atomic E-state index is 12.9. The molecule has 34 heavy (non-hydrogen) atoms. The maximum atomic E-state index is 12.9. The number of aromatic nitrogens is 1. The Balaban J connectivity index is 1.44. The number of aromatic amines is 1. The molecule has 3 N–H and O–H groups in total. The summed E-state index contributed by atoms with van der Waals surface area (Å²) in [5.41, 5.74) is 8.90. The number of rotatable bonds is 8. The normalized spacial score (nSPS) is 13.8. The Morgan fingerprint density at radius 1 is 1.09 bits per heavy atom. The van der Waals surface area contributed by atoms with Crippen LogP contribution in [0.25, 0.3) is 11.6 Å². The van der Waals surface area contributed by atoms with Crippen molar-refractivity contribution in [1.29, 1.82) is 0 Å². The van der Waals surface area contributed by atoms with Crippen molar-refractivity contribution in [1.82, 2.24) is 15.2 Å². The van der Waals surface area contributed by atoms with Crippen LogP contribution in [0.1, 0.15) is 45.6 Å². The second kappa shape index (κ2) is 10.1. The molecule has 0 fully saturated rings. The second-order valence-corrected chi connectivity index (χ2v) is 8.93. The van der Waals surface area contributed by atoms with Gasteiger partial charge < -0.3 is 20.5 Å². The third kappa shape index (κ3) is 4.97. The van der Waals surface area contributed by atoms with Crippen molar-refractivity contribution in [2.24, 2.45) is 0 Å². The van der Waals surface area contributed by atoms with Gasteiger partial charge in [-0.2, -0.15) is 0 Å². The molecule has 6 nitrogen and oxygen atoms in total. The van der Waals surface area contributed by atoms with Crippen LogP contribution >= 0.6 is 0 Å². The minimum Gasteiger partial charge on any atom is -0.359 e. The van der Waals surface area contributed by atoms with E-state index in [4.69, 9.17) is 0 Å². The summed E-state index contributed by atoms with van der Waals surface area (Å²) >= 11 is 0. The van der Waals surface area contributed by atoms with Crippen molar-refractivity contribution >= 4 is 29.2 Å². The lowest BCUT2D eigenvalue weighted by Crippen LogP contribution is -2.26. The van der Waals surface area contributed by atoms with E-state index >= 15 is 0 Å². The number of aryl methyl sites for hydroxylation is 1. The summed E-state index contributed by atoms with van der Waals surface area (Å²) in [6, 6.07) is 16.0. The van der Waals surface area contributed by atoms with Crippen LogP contribution in [-0.2, 0) is 29.1 Å². The van der Waals surface area contributed by atoms with Crippen LogP contribution in [0.3, 0.4) is 0 Å². The van der Waals surface area contributed by atoms with Crippen LogP contribution in [0, 0.1) is 13.8 Å². The molecule has 0 atom stereocenters. The quantitative estimate of drug-likeness (QED) is 0.439. The summed E-state index contributed by atoms with van der Waals surface area (Å²) in [5, 5.41) is 6.08. The van der Waals surface area contributed by atoms with Gasteiger partial charge in [-0.15, -0.1) is 0 Å². The number of fused-ring (bicyclic) bond motifs is 1. The van der Waals surface area contributed by atoms with Crippen molar-refractivity contribution in [2.45, 2.75) is 39.8 Å². The minimum absolute atomic E-state index is 0.0926. The molecule has 4 rings (SSSR count). The summed E-state index contributed by atoms with van der Waals surface area (Å²) in [7, 11) is 3.78. The van der Waals surface area contributed by atoms with Gasteiger partial charge in [0.15, 0.2) is 0 Å². The molecule has 0 radical (unpaired) electrons. The summed E-state index contributed by atoms with van der Waals surface area (Å²) < 4.78 is 0. The van der Waals surface area contributed by atoms with Crippen molar-refractivity contribution in [3.8, 4) is 0 Å². The SMILES string of the molecule is CNCc1cccc(CN(C)C(=O)CCc2c(C)[nH]c(/C=C3\C(=O)Nc4ccccc43)c2C)c1. The van der Waals surface area contributed by atoms with E-state index in [0.717, 1.165) is 45.9 Å². The largest absolute Gasteiger partial charge is 0.359 e. The summed E-state index contributed by atoms with van der Waals surface area (Å²) in [6.07, 6.45) is 3.01. The van der Waals surface area contributed by atoms with Gasteiger partial charge in [-0.05, 0) is 61.7 Å². The van der Waals surface area contributed by atoms with Crippen molar-refractivity contribution in [3.63, 3.8) is 0 Å². The van der Waals surface area contributed by atoms with Crippen LogP contribution in [-0.4, -0.2) is 35.8 Å². The van der Waals surface area contributed by atoms with Gasteiger partial charge in [0.25, 0.3) is 5.91 Å². The fourth-order valence-corrected chi connectivity index (χ4v) is 4.59. The number of H-pyrrole nitrogens is 1. The molecular weight excluding hydrogens is 424 g/mol. The lowest BCUT2D eigenvalue weighted by Gasteiger charge is -2.18. The fourth-order valence-electron chi connectivity index (χ4n) is 4.59. The van der Waals surface area contributed by atoms with E-state index in [1.165, 1.54) is 5.56 Å². The monoisotopic (exact) mass is 456 g/mol. The van der Waals surface area contributed by atoms with Crippen LogP contribution in [0.2, 0.25) is 0 Å². The molecule has 0 saturated carbocycles. The molecule has 1 aliphatic heterocycles. The molecule has 0 spiro atoms. The highest BCUT2D eigenvalue weighted by Crippen LogP contribution is 2.33. The Hall–Kier alpha value is -3.64.